The quantitative estimate of drug-likeness (QED) is 0.0802. The van der Waals surface area contributed by atoms with Gasteiger partial charge < -0.3 is 9.84 Å². The second-order valence-corrected chi connectivity index (χ2v) is 11.0. The Hall–Kier alpha value is -1.06. The lowest BCUT2D eigenvalue weighted by Crippen LogP contribution is -2.21. The van der Waals surface area contributed by atoms with E-state index >= 15 is 0 Å². The Bertz CT molecular complexity index is 477. The van der Waals surface area contributed by atoms with Crippen LogP contribution in [0.25, 0.3) is 0 Å². The summed E-state index contributed by atoms with van der Waals surface area (Å²) in [5, 5.41) is 9.14. The molecule has 36 heavy (non-hydrogen) atoms. The molecule has 0 aliphatic heterocycles. The minimum Gasteiger partial charge on any atom is -0.481 e. The Morgan fingerprint density at radius 2 is 0.861 bits per heavy atom. The predicted octanol–water partition coefficient (Wildman–Crippen LogP) is 10.6. The zero-order valence-electron chi connectivity index (χ0n) is 24.3. The highest BCUT2D eigenvalue weighted by Gasteiger charge is 2.17. The molecule has 0 amide bonds. The van der Waals surface area contributed by atoms with Gasteiger partial charge in [0.15, 0.2) is 0 Å². The van der Waals surface area contributed by atoms with Crippen molar-refractivity contribution >= 4 is 11.9 Å². The zero-order chi connectivity index (χ0) is 26.5. The summed E-state index contributed by atoms with van der Waals surface area (Å²) in [7, 11) is 0. The largest absolute Gasteiger partial charge is 0.481 e. The second kappa shape index (κ2) is 28.5. The molecular weight excluding hydrogens is 448 g/mol. The SMILES string of the molecule is CCCCCCCCCCCCCCCCCCCC(=O)OC(CCCCCCCCC)CC(=O)O. The summed E-state index contributed by atoms with van der Waals surface area (Å²) in [6.07, 6.45) is 31.3. The summed E-state index contributed by atoms with van der Waals surface area (Å²) in [5.41, 5.74) is 0. The van der Waals surface area contributed by atoms with Crippen molar-refractivity contribution in [2.24, 2.45) is 0 Å². The van der Waals surface area contributed by atoms with Gasteiger partial charge in [0.1, 0.15) is 6.10 Å². The van der Waals surface area contributed by atoms with Crippen LogP contribution in [0.2, 0.25) is 0 Å². The molecule has 0 rings (SSSR count). The number of hydrogen-bond acceptors (Lipinski definition) is 3. The molecule has 0 aliphatic carbocycles. The van der Waals surface area contributed by atoms with Crippen LogP contribution < -0.4 is 0 Å². The number of aliphatic carboxylic acids is 1. The topological polar surface area (TPSA) is 63.6 Å². The molecule has 0 heterocycles. The molecule has 4 heteroatoms. The maximum absolute atomic E-state index is 12.2. The van der Waals surface area contributed by atoms with E-state index in [-0.39, 0.29) is 12.4 Å². The van der Waals surface area contributed by atoms with Crippen LogP contribution >= 0.6 is 0 Å². The van der Waals surface area contributed by atoms with Gasteiger partial charge in [-0.25, -0.2) is 0 Å². The first kappa shape index (κ1) is 34.9. The Morgan fingerprint density at radius 3 is 1.22 bits per heavy atom. The van der Waals surface area contributed by atoms with E-state index in [2.05, 4.69) is 13.8 Å². The van der Waals surface area contributed by atoms with Crippen molar-refractivity contribution in [3.63, 3.8) is 0 Å². The molecule has 214 valence electrons. The van der Waals surface area contributed by atoms with Gasteiger partial charge in [0, 0.05) is 6.42 Å². The van der Waals surface area contributed by atoms with Crippen molar-refractivity contribution in [3.05, 3.63) is 0 Å². The molecule has 0 spiro atoms. The molecule has 0 aromatic heterocycles. The van der Waals surface area contributed by atoms with Crippen molar-refractivity contribution < 1.29 is 19.4 Å². The van der Waals surface area contributed by atoms with Crippen LogP contribution in [-0.2, 0) is 14.3 Å². The lowest BCUT2D eigenvalue weighted by Gasteiger charge is -2.16. The first-order chi connectivity index (χ1) is 17.6. The van der Waals surface area contributed by atoms with Crippen LogP contribution in [0.5, 0.6) is 0 Å². The average molecular weight is 511 g/mol. The number of carbonyl (C=O) groups is 2. The molecule has 0 aliphatic rings. The number of carbonyl (C=O) groups excluding carboxylic acids is 1. The fourth-order valence-corrected chi connectivity index (χ4v) is 4.97. The number of unbranched alkanes of at least 4 members (excludes halogenated alkanes) is 22. The second-order valence-electron chi connectivity index (χ2n) is 11.0. The van der Waals surface area contributed by atoms with E-state index in [1.807, 2.05) is 0 Å². The molecule has 1 N–H and O–H groups in total. The number of esters is 1. The maximum atomic E-state index is 12.2. The molecule has 0 aromatic carbocycles. The Kier molecular flexibility index (Phi) is 27.7. The van der Waals surface area contributed by atoms with Crippen LogP contribution in [0.15, 0.2) is 0 Å². The fraction of sp³-hybridized carbons (Fsp3) is 0.938. The molecular formula is C32H62O4. The van der Waals surface area contributed by atoms with Crippen LogP contribution in [0.1, 0.15) is 187 Å². The minimum atomic E-state index is -0.881. The van der Waals surface area contributed by atoms with Crippen molar-refractivity contribution in [1.29, 1.82) is 0 Å². The van der Waals surface area contributed by atoms with Gasteiger partial charge in [-0.1, -0.05) is 155 Å². The fourth-order valence-electron chi connectivity index (χ4n) is 4.97. The van der Waals surface area contributed by atoms with Crippen molar-refractivity contribution in [2.45, 2.75) is 193 Å². The average Bonchev–Trinajstić information content (AvgIpc) is 2.85. The van der Waals surface area contributed by atoms with E-state index in [0.717, 1.165) is 25.7 Å². The summed E-state index contributed by atoms with van der Waals surface area (Å²) >= 11 is 0. The summed E-state index contributed by atoms with van der Waals surface area (Å²) in [6, 6.07) is 0. The normalized spacial score (nSPS) is 12.1. The number of carboxylic acid groups (broad SMARTS) is 1. The molecule has 0 radical (unpaired) electrons. The summed E-state index contributed by atoms with van der Waals surface area (Å²) in [6.45, 7) is 4.49. The first-order valence-corrected chi connectivity index (χ1v) is 16.0. The van der Waals surface area contributed by atoms with Crippen molar-refractivity contribution in [1.82, 2.24) is 0 Å². The maximum Gasteiger partial charge on any atom is 0.307 e. The first-order valence-electron chi connectivity index (χ1n) is 16.0. The highest BCUT2D eigenvalue weighted by Crippen LogP contribution is 2.16. The Morgan fingerprint density at radius 1 is 0.528 bits per heavy atom. The summed E-state index contributed by atoms with van der Waals surface area (Å²) in [5.74, 6) is -1.10. The van der Waals surface area contributed by atoms with E-state index in [4.69, 9.17) is 9.84 Å². The molecule has 0 saturated carbocycles. The molecule has 4 nitrogen and oxygen atoms in total. The summed E-state index contributed by atoms with van der Waals surface area (Å²) in [4.78, 5) is 23.3. The van der Waals surface area contributed by atoms with Crippen molar-refractivity contribution in [3.8, 4) is 0 Å². The molecule has 1 unspecified atom stereocenters. The van der Waals surface area contributed by atoms with Gasteiger partial charge in [-0.05, 0) is 19.3 Å². The Balaban J connectivity index is 3.55. The van der Waals surface area contributed by atoms with E-state index < -0.39 is 12.1 Å². The van der Waals surface area contributed by atoms with Crippen molar-refractivity contribution in [2.75, 3.05) is 0 Å². The highest BCUT2D eigenvalue weighted by atomic mass is 16.5. The number of rotatable bonds is 29. The number of ether oxygens (including phenoxy) is 1. The van der Waals surface area contributed by atoms with E-state index in [1.54, 1.807) is 0 Å². The number of carboxylic acids is 1. The smallest absolute Gasteiger partial charge is 0.307 e. The van der Waals surface area contributed by atoms with Gasteiger partial charge >= 0.3 is 11.9 Å². The third-order valence-electron chi connectivity index (χ3n) is 7.31. The third kappa shape index (κ3) is 27.5. The Labute approximate surface area is 224 Å². The molecule has 0 aromatic rings. The lowest BCUT2D eigenvalue weighted by molar-refractivity contribution is -0.153. The van der Waals surface area contributed by atoms with E-state index in [0.29, 0.717) is 12.8 Å². The van der Waals surface area contributed by atoms with Gasteiger partial charge in [0.25, 0.3) is 0 Å². The third-order valence-corrected chi connectivity index (χ3v) is 7.31. The monoisotopic (exact) mass is 510 g/mol. The van der Waals surface area contributed by atoms with Crippen LogP contribution in [0, 0.1) is 0 Å². The minimum absolute atomic E-state index is 0.0688. The standard InChI is InChI=1S/C32H62O4/c1-3-5-7-9-11-12-13-14-15-16-17-18-19-20-22-24-26-28-32(35)36-30(29-31(33)34)27-25-23-21-10-8-6-4-2/h30H,3-29H2,1-2H3,(H,33,34). The van der Waals surface area contributed by atoms with Gasteiger partial charge in [-0.2, -0.15) is 0 Å². The van der Waals surface area contributed by atoms with Gasteiger partial charge in [-0.15, -0.1) is 0 Å². The molecule has 0 bridgehead atoms. The van der Waals surface area contributed by atoms with Crippen LogP contribution in [0.3, 0.4) is 0 Å². The molecule has 0 saturated heterocycles. The predicted molar refractivity (Wildman–Crippen MR) is 154 cm³/mol. The lowest BCUT2D eigenvalue weighted by atomic mass is 10.0. The summed E-state index contributed by atoms with van der Waals surface area (Å²) < 4.78 is 5.52. The van der Waals surface area contributed by atoms with Gasteiger partial charge in [0.2, 0.25) is 0 Å². The van der Waals surface area contributed by atoms with E-state index in [1.165, 1.54) is 128 Å². The molecule has 1 atom stereocenters. The zero-order valence-corrected chi connectivity index (χ0v) is 24.3. The van der Waals surface area contributed by atoms with Crippen LogP contribution in [-0.4, -0.2) is 23.1 Å². The highest BCUT2D eigenvalue weighted by molar-refractivity contribution is 5.71. The van der Waals surface area contributed by atoms with Crippen LogP contribution in [0.4, 0.5) is 0 Å². The van der Waals surface area contributed by atoms with Gasteiger partial charge in [-0.3, -0.25) is 9.59 Å². The molecule has 0 fully saturated rings. The number of hydrogen-bond donors (Lipinski definition) is 1. The van der Waals surface area contributed by atoms with Gasteiger partial charge in [0.05, 0.1) is 6.42 Å². The van der Waals surface area contributed by atoms with E-state index in [9.17, 15) is 9.59 Å².